The molecule has 4 rings (SSSR count). The molecule has 0 atom stereocenters. The average Bonchev–Trinajstić information content (AvgIpc) is 3.26. The number of benzene rings is 2. The van der Waals surface area contributed by atoms with Crippen LogP contribution in [0, 0.1) is 0 Å². The Hall–Kier alpha value is -3.19. The van der Waals surface area contributed by atoms with Crippen LogP contribution in [0.25, 0.3) is 17.1 Å². The van der Waals surface area contributed by atoms with Gasteiger partial charge in [0, 0.05) is 0 Å². The van der Waals surface area contributed by atoms with Crippen LogP contribution >= 0.6 is 11.3 Å². The monoisotopic (exact) mass is 364 g/mol. The van der Waals surface area contributed by atoms with Gasteiger partial charge in [-0.3, -0.25) is 0 Å². The van der Waals surface area contributed by atoms with Crippen molar-refractivity contribution < 1.29 is 9.47 Å². The minimum atomic E-state index is 0.291. The van der Waals surface area contributed by atoms with Gasteiger partial charge in [-0.25, -0.2) is 0 Å². The van der Waals surface area contributed by atoms with E-state index in [-0.39, 0.29) is 0 Å². The van der Waals surface area contributed by atoms with Gasteiger partial charge in [-0.2, -0.15) is 9.61 Å². The maximum atomic E-state index is 5.76. The minimum Gasteiger partial charge on any atom is -0.497 e. The lowest BCUT2D eigenvalue weighted by molar-refractivity contribution is 0.292. The van der Waals surface area contributed by atoms with Gasteiger partial charge in [0.15, 0.2) is 5.82 Å². The molecule has 0 N–H and O–H groups in total. The molecule has 2 heterocycles. The topological polar surface area (TPSA) is 61.5 Å². The van der Waals surface area contributed by atoms with Gasteiger partial charge in [0.25, 0.3) is 0 Å². The third-order valence-electron chi connectivity index (χ3n) is 3.72. The molecule has 0 unspecified atom stereocenters. The summed E-state index contributed by atoms with van der Waals surface area (Å²) in [5.74, 6) is 2.19. The number of hydrogen-bond acceptors (Lipinski definition) is 6. The lowest BCUT2D eigenvalue weighted by atomic mass is 10.2. The Morgan fingerprint density at radius 3 is 2.50 bits per heavy atom. The fourth-order valence-corrected chi connectivity index (χ4v) is 3.14. The average molecular weight is 364 g/mol. The smallest absolute Gasteiger partial charge is 0.235 e. The number of fused-ring (bicyclic) bond motifs is 1. The summed E-state index contributed by atoms with van der Waals surface area (Å²) in [7, 11) is 1.63. The molecular formula is C19H16N4O2S. The molecule has 2 aromatic heterocycles. The zero-order valence-electron chi connectivity index (χ0n) is 14.1. The molecule has 0 fully saturated rings. The van der Waals surface area contributed by atoms with Crippen molar-refractivity contribution in [1.29, 1.82) is 0 Å². The largest absolute Gasteiger partial charge is 0.497 e. The van der Waals surface area contributed by atoms with E-state index in [4.69, 9.17) is 9.47 Å². The molecule has 0 aliphatic heterocycles. The fourth-order valence-electron chi connectivity index (χ4n) is 2.38. The summed E-state index contributed by atoms with van der Waals surface area (Å²) in [5.41, 5.74) is 1.13. The van der Waals surface area contributed by atoms with Crippen LogP contribution < -0.4 is 9.47 Å². The van der Waals surface area contributed by atoms with Crippen LogP contribution in [0.5, 0.6) is 11.5 Å². The highest BCUT2D eigenvalue weighted by atomic mass is 32.1. The van der Waals surface area contributed by atoms with E-state index in [1.165, 1.54) is 11.3 Å². The standard InChI is InChI=1S/C19H16N4O2S/c1-24-15-8-10-16(11-9-15)25-13-17-20-21-19-23(17)22-18(26-19)12-7-14-5-3-2-4-6-14/h2-12H,13H2,1H3/b12-7-. The first-order valence-corrected chi connectivity index (χ1v) is 8.84. The van der Waals surface area contributed by atoms with Crippen molar-refractivity contribution in [3.05, 3.63) is 71.0 Å². The Morgan fingerprint density at radius 2 is 1.73 bits per heavy atom. The molecule has 0 saturated carbocycles. The van der Waals surface area contributed by atoms with Crippen molar-refractivity contribution in [3.8, 4) is 11.5 Å². The Morgan fingerprint density at radius 1 is 0.962 bits per heavy atom. The van der Waals surface area contributed by atoms with Gasteiger partial charge in [-0.1, -0.05) is 47.7 Å². The van der Waals surface area contributed by atoms with E-state index in [1.54, 1.807) is 11.6 Å². The summed E-state index contributed by atoms with van der Waals surface area (Å²) in [4.78, 5) is 0.742. The molecule has 0 amide bonds. The molecule has 2 aromatic carbocycles. The van der Waals surface area contributed by atoms with Gasteiger partial charge in [0.1, 0.15) is 23.1 Å². The van der Waals surface area contributed by atoms with E-state index < -0.39 is 0 Å². The Bertz CT molecular complexity index is 1020. The summed E-state index contributed by atoms with van der Waals surface area (Å²) in [5, 5.41) is 13.7. The molecule has 0 aliphatic carbocycles. The number of ether oxygens (including phenoxy) is 2. The van der Waals surface area contributed by atoms with Crippen molar-refractivity contribution >= 4 is 28.4 Å². The van der Waals surface area contributed by atoms with Crippen LogP contribution in [0.1, 0.15) is 16.4 Å². The normalized spacial score (nSPS) is 11.3. The molecule has 0 aliphatic rings. The van der Waals surface area contributed by atoms with Gasteiger partial charge in [-0.05, 0) is 35.9 Å². The summed E-state index contributed by atoms with van der Waals surface area (Å²) < 4.78 is 12.6. The maximum Gasteiger partial charge on any atom is 0.235 e. The number of hydrogen-bond donors (Lipinski definition) is 0. The molecule has 26 heavy (non-hydrogen) atoms. The quantitative estimate of drug-likeness (QED) is 0.518. The molecular weight excluding hydrogens is 348 g/mol. The number of nitrogens with zero attached hydrogens (tertiary/aromatic N) is 4. The second-order valence-corrected chi connectivity index (χ2v) is 6.45. The van der Waals surface area contributed by atoms with Crippen LogP contribution in [-0.4, -0.2) is 26.9 Å². The molecule has 130 valence electrons. The third-order valence-corrected chi connectivity index (χ3v) is 4.58. The molecule has 0 radical (unpaired) electrons. The van der Waals surface area contributed by atoms with Crippen LogP contribution in [0.4, 0.5) is 0 Å². The SMILES string of the molecule is COc1ccc(OCc2nnc3sc(/C=C\c4ccccc4)nn23)cc1. The van der Waals surface area contributed by atoms with E-state index >= 15 is 0 Å². The maximum absolute atomic E-state index is 5.76. The Kier molecular flexibility index (Phi) is 4.61. The highest BCUT2D eigenvalue weighted by Crippen LogP contribution is 2.20. The molecule has 7 heteroatoms. The van der Waals surface area contributed by atoms with Crippen LogP contribution in [0.15, 0.2) is 54.6 Å². The van der Waals surface area contributed by atoms with Gasteiger partial charge in [0.2, 0.25) is 4.96 Å². The van der Waals surface area contributed by atoms with E-state index in [9.17, 15) is 0 Å². The third kappa shape index (κ3) is 3.57. The zero-order valence-corrected chi connectivity index (χ0v) is 14.9. The Labute approximate surface area is 154 Å². The molecule has 0 bridgehead atoms. The zero-order chi connectivity index (χ0) is 17.8. The lowest BCUT2D eigenvalue weighted by Gasteiger charge is -2.05. The first kappa shape index (κ1) is 16.3. The van der Waals surface area contributed by atoms with Gasteiger partial charge in [-0.15, -0.1) is 10.2 Å². The number of methoxy groups -OCH3 is 1. The summed E-state index contributed by atoms with van der Waals surface area (Å²) in [6, 6.07) is 17.5. The van der Waals surface area contributed by atoms with Gasteiger partial charge < -0.3 is 9.47 Å². The number of rotatable bonds is 6. The van der Waals surface area contributed by atoms with Crippen molar-refractivity contribution in [2.45, 2.75) is 6.61 Å². The summed E-state index contributed by atoms with van der Waals surface area (Å²) >= 11 is 1.48. The van der Waals surface area contributed by atoms with Crippen LogP contribution in [0.3, 0.4) is 0 Å². The molecule has 6 nitrogen and oxygen atoms in total. The first-order valence-electron chi connectivity index (χ1n) is 8.03. The predicted molar refractivity (Wildman–Crippen MR) is 101 cm³/mol. The lowest BCUT2D eigenvalue weighted by Crippen LogP contribution is -2.02. The number of aromatic nitrogens is 4. The van der Waals surface area contributed by atoms with Crippen molar-refractivity contribution in [2.24, 2.45) is 0 Å². The second-order valence-electron chi connectivity index (χ2n) is 5.46. The fraction of sp³-hybridized carbons (Fsp3) is 0.105. The highest BCUT2D eigenvalue weighted by Gasteiger charge is 2.11. The van der Waals surface area contributed by atoms with Crippen LogP contribution in [0.2, 0.25) is 0 Å². The van der Waals surface area contributed by atoms with Gasteiger partial charge >= 0.3 is 0 Å². The summed E-state index contributed by atoms with van der Waals surface area (Å²) in [6.07, 6.45) is 4.00. The molecule has 4 aromatic rings. The van der Waals surface area contributed by atoms with E-state index in [0.717, 1.165) is 27.0 Å². The van der Waals surface area contributed by atoms with E-state index in [2.05, 4.69) is 15.3 Å². The van der Waals surface area contributed by atoms with E-state index in [1.807, 2.05) is 66.7 Å². The summed E-state index contributed by atoms with van der Waals surface area (Å²) in [6.45, 7) is 0.291. The minimum absolute atomic E-state index is 0.291. The molecule has 0 saturated heterocycles. The van der Waals surface area contributed by atoms with Crippen LogP contribution in [-0.2, 0) is 6.61 Å². The second kappa shape index (κ2) is 7.37. The predicted octanol–water partition coefficient (Wildman–Crippen LogP) is 3.94. The van der Waals surface area contributed by atoms with Gasteiger partial charge in [0.05, 0.1) is 7.11 Å². The van der Waals surface area contributed by atoms with Crippen molar-refractivity contribution in [3.63, 3.8) is 0 Å². The van der Waals surface area contributed by atoms with Crippen molar-refractivity contribution in [2.75, 3.05) is 7.11 Å². The van der Waals surface area contributed by atoms with Crippen molar-refractivity contribution in [1.82, 2.24) is 19.8 Å². The first-order chi connectivity index (χ1) is 12.8. The highest BCUT2D eigenvalue weighted by molar-refractivity contribution is 7.17. The van der Waals surface area contributed by atoms with E-state index in [0.29, 0.717) is 12.4 Å². The Balaban J connectivity index is 1.48. The molecule has 0 spiro atoms.